The number of nitrogens with zero attached hydrogens (tertiary/aromatic N) is 3. The summed E-state index contributed by atoms with van der Waals surface area (Å²) in [6.45, 7) is 7.85. The molecule has 0 spiro atoms. The van der Waals surface area contributed by atoms with E-state index in [4.69, 9.17) is 0 Å². The van der Waals surface area contributed by atoms with Crippen molar-refractivity contribution >= 4 is 75.8 Å². The summed E-state index contributed by atoms with van der Waals surface area (Å²) in [7, 11) is 0. The molecule has 3 aliphatic carbocycles. The molecule has 54 heavy (non-hydrogen) atoms. The number of rotatable bonds is 13. The zero-order valence-electron chi connectivity index (χ0n) is 30.8. The number of carbonyl (C=O) groups excluding carboxylic acids is 6. The fraction of sp³-hybridized carbons (Fsp3) is 0.737. The third-order valence-electron chi connectivity index (χ3n) is 10.7. The zero-order chi connectivity index (χ0) is 35.3. The van der Waals surface area contributed by atoms with Crippen molar-refractivity contribution in [3.05, 3.63) is 24.3 Å². The van der Waals surface area contributed by atoms with Gasteiger partial charge in [0.05, 0.1) is 12.2 Å². The molecule has 16 heteroatoms. The predicted molar refractivity (Wildman–Crippen MR) is 225 cm³/mol. The smallest absolute Gasteiger partial charge is 0.289 e. The monoisotopic (exact) mass is 813 g/mol. The van der Waals surface area contributed by atoms with E-state index in [-0.39, 0.29) is 90.7 Å². The summed E-state index contributed by atoms with van der Waals surface area (Å²) in [5.41, 5.74) is -0.638. The molecule has 3 saturated carbocycles. The van der Waals surface area contributed by atoms with Crippen LogP contribution in [-0.2, 0) is 24.0 Å². The van der Waals surface area contributed by atoms with E-state index in [1.54, 1.807) is 4.90 Å². The van der Waals surface area contributed by atoms with Crippen LogP contribution in [0, 0.1) is 23.2 Å². The number of likely N-dealkylation sites (tertiary alicyclic amines) is 1. The van der Waals surface area contributed by atoms with Gasteiger partial charge in [0.2, 0.25) is 23.5 Å². The van der Waals surface area contributed by atoms with Crippen LogP contribution in [0.1, 0.15) is 130 Å². The molecule has 0 bridgehead atoms. The Bertz CT molecular complexity index is 1410. The summed E-state index contributed by atoms with van der Waals surface area (Å²) < 4.78 is 0. The Morgan fingerprint density at radius 1 is 0.852 bits per heavy atom. The highest BCUT2D eigenvalue weighted by atomic mass is 32.1. The normalized spacial score (nSPS) is 22.0. The standard InChI is InChI=1S/C36H53N7O6.2CH4.3H2S/c1-5-10-25(29(44)34(48)39-23-15-16-23)40-33(47)28-24-14-9-13-22(24)20-43(28)35(49)30(36(2,3)4)42-32(46)27(21-11-7-6-8-12-21)41-31(45)26-19-37-17-18-38-26;;;;;/h17-19,21-25,27-28,30H,5-16,20H2,1-4H3,(H,39,48)(H,40,47)(H,41,45)(H,42,46);2*1H4;3*1H2/t22-,24-,25-,27+,28+,30+;;;;;/m1...../s1. The molecule has 1 aromatic rings. The molecule has 1 aromatic heterocycles. The minimum atomic E-state index is -0.994. The predicted octanol–water partition coefficient (Wildman–Crippen LogP) is 4.06. The van der Waals surface area contributed by atoms with Gasteiger partial charge in [-0.15, -0.1) is 0 Å². The SMILES string of the molecule is C.C.CCC[C@@H](NC(=O)[C@@H]1[C@@H]2CCC[C@@H]2CN1C(=O)[C@H](NC(=O)[C@@H](NC(=O)c1cnccn1)C1CCCCC1)C(C)(C)C)C(=O)C(=O)NC1CC1.S.S.S. The molecule has 308 valence electrons. The van der Waals surface area contributed by atoms with Gasteiger partial charge < -0.3 is 26.2 Å². The van der Waals surface area contributed by atoms with Gasteiger partial charge in [-0.3, -0.25) is 33.8 Å². The second-order valence-electron chi connectivity index (χ2n) is 15.5. The first kappa shape index (κ1) is 51.1. The molecule has 1 saturated heterocycles. The topological polar surface area (TPSA) is 180 Å². The molecule has 13 nitrogen and oxygen atoms in total. The van der Waals surface area contributed by atoms with Crippen molar-refractivity contribution in [1.29, 1.82) is 0 Å². The van der Waals surface area contributed by atoms with E-state index in [0.29, 0.717) is 19.4 Å². The number of aromatic nitrogens is 2. The lowest BCUT2D eigenvalue weighted by Gasteiger charge is -2.38. The van der Waals surface area contributed by atoms with E-state index in [9.17, 15) is 28.8 Å². The Balaban J connectivity index is 0.00000562. The zero-order valence-corrected chi connectivity index (χ0v) is 33.8. The maximum absolute atomic E-state index is 14.6. The number of amides is 5. The molecule has 0 aromatic carbocycles. The lowest BCUT2D eigenvalue weighted by Crippen LogP contribution is -2.62. The van der Waals surface area contributed by atoms with Crippen molar-refractivity contribution in [3.8, 4) is 0 Å². The Morgan fingerprint density at radius 3 is 2.09 bits per heavy atom. The van der Waals surface area contributed by atoms with E-state index in [2.05, 4.69) is 31.2 Å². The fourth-order valence-corrected chi connectivity index (χ4v) is 7.87. The van der Waals surface area contributed by atoms with Crippen LogP contribution in [0.5, 0.6) is 0 Å². The molecule has 6 atom stereocenters. The van der Waals surface area contributed by atoms with Crippen LogP contribution >= 0.6 is 40.5 Å². The molecule has 1 aliphatic heterocycles. The largest absolute Gasteiger partial charge is 0.347 e. The van der Waals surface area contributed by atoms with Crippen LogP contribution < -0.4 is 21.3 Å². The number of fused-ring (bicyclic) bond motifs is 1. The molecule has 4 N–H and O–H groups in total. The van der Waals surface area contributed by atoms with Gasteiger partial charge in [-0.2, -0.15) is 40.5 Å². The lowest BCUT2D eigenvalue weighted by molar-refractivity contribution is -0.146. The van der Waals surface area contributed by atoms with Gasteiger partial charge in [0.1, 0.15) is 23.8 Å². The number of hydrogen-bond acceptors (Lipinski definition) is 8. The Labute approximate surface area is 343 Å². The highest BCUT2D eigenvalue weighted by Gasteiger charge is 2.52. The highest BCUT2D eigenvalue weighted by molar-refractivity contribution is 7.59. The van der Waals surface area contributed by atoms with Crippen molar-refractivity contribution in [2.24, 2.45) is 23.2 Å². The molecule has 5 amide bonds. The van der Waals surface area contributed by atoms with Gasteiger partial charge in [-0.05, 0) is 68.1 Å². The number of nitrogens with one attached hydrogen (secondary N) is 4. The first-order valence-corrected chi connectivity index (χ1v) is 18.2. The number of ketones is 1. The van der Waals surface area contributed by atoms with Gasteiger partial charge in [-0.25, -0.2) is 4.98 Å². The summed E-state index contributed by atoms with van der Waals surface area (Å²) in [6, 6.07) is -3.68. The van der Waals surface area contributed by atoms with Gasteiger partial charge in [0.25, 0.3) is 11.8 Å². The fourth-order valence-electron chi connectivity index (χ4n) is 7.87. The molecule has 2 heterocycles. The summed E-state index contributed by atoms with van der Waals surface area (Å²) in [4.78, 5) is 91.4. The molecule has 4 aliphatic rings. The van der Waals surface area contributed by atoms with Gasteiger partial charge in [0, 0.05) is 25.0 Å². The first-order chi connectivity index (χ1) is 23.4. The second-order valence-corrected chi connectivity index (χ2v) is 15.5. The molecule has 0 unspecified atom stereocenters. The van der Waals surface area contributed by atoms with E-state index in [1.165, 1.54) is 18.6 Å². The van der Waals surface area contributed by atoms with Crippen LogP contribution in [0.2, 0.25) is 0 Å². The van der Waals surface area contributed by atoms with E-state index >= 15 is 0 Å². The van der Waals surface area contributed by atoms with Crippen LogP contribution in [0.15, 0.2) is 18.6 Å². The summed E-state index contributed by atoms with van der Waals surface area (Å²) >= 11 is 0. The quantitative estimate of drug-likeness (QED) is 0.216. The number of hydrogen-bond donors (Lipinski definition) is 4. The minimum Gasteiger partial charge on any atom is -0.347 e. The van der Waals surface area contributed by atoms with E-state index in [0.717, 1.165) is 64.2 Å². The Morgan fingerprint density at radius 2 is 1.52 bits per heavy atom. The van der Waals surface area contributed by atoms with Crippen molar-refractivity contribution in [1.82, 2.24) is 36.1 Å². The minimum absolute atomic E-state index is 0. The molecular formula is C38H67N7O6S3. The third kappa shape index (κ3) is 12.6. The number of Topliss-reactive ketones (excluding diaryl/α,β-unsaturated/α-hetero) is 1. The van der Waals surface area contributed by atoms with Crippen LogP contribution in [0.25, 0.3) is 0 Å². The van der Waals surface area contributed by atoms with Gasteiger partial charge >= 0.3 is 0 Å². The summed E-state index contributed by atoms with van der Waals surface area (Å²) in [6.07, 6.45) is 13.9. The van der Waals surface area contributed by atoms with E-state index < -0.39 is 59.0 Å². The number of carbonyl (C=O) groups is 6. The van der Waals surface area contributed by atoms with Crippen molar-refractivity contribution in [3.63, 3.8) is 0 Å². The first-order valence-electron chi connectivity index (χ1n) is 18.2. The van der Waals surface area contributed by atoms with Crippen LogP contribution in [0.3, 0.4) is 0 Å². The lowest BCUT2D eigenvalue weighted by atomic mass is 9.82. The summed E-state index contributed by atoms with van der Waals surface area (Å²) in [5.74, 6) is -3.20. The highest BCUT2D eigenvalue weighted by Crippen LogP contribution is 2.43. The van der Waals surface area contributed by atoms with E-state index in [1.807, 2.05) is 27.7 Å². The van der Waals surface area contributed by atoms with Crippen molar-refractivity contribution < 1.29 is 28.8 Å². The average molecular weight is 814 g/mol. The Kier molecular flexibility index (Phi) is 21.4. The third-order valence-corrected chi connectivity index (χ3v) is 10.7. The average Bonchev–Trinajstić information content (AvgIpc) is 3.65. The Hall–Kier alpha value is -2.85. The maximum Gasteiger partial charge on any atom is 0.289 e. The molecule has 0 radical (unpaired) electrons. The van der Waals surface area contributed by atoms with Crippen LogP contribution in [0.4, 0.5) is 0 Å². The molecule has 5 rings (SSSR count). The van der Waals surface area contributed by atoms with Crippen molar-refractivity contribution in [2.45, 2.75) is 150 Å². The molecule has 4 fully saturated rings. The molecular weight excluding hydrogens is 747 g/mol. The second kappa shape index (κ2) is 22.6. The van der Waals surface area contributed by atoms with Crippen LogP contribution in [-0.4, -0.2) is 86.9 Å². The van der Waals surface area contributed by atoms with Crippen molar-refractivity contribution in [2.75, 3.05) is 6.54 Å². The van der Waals surface area contributed by atoms with Gasteiger partial charge in [0.15, 0.2) is 0 Å². The van der Waals surface area contributed by atoms with Gasteiger partial charge in [-0.1, -0.05) is 74.7 Å². The maximum atomic E-state index is 14.6. The summed E-state index contributed by atoms with van der Waals surface area (Å²) in [5, 5.41) is 11.5.